The van der Waals surface area contributed by atoms with Crippen LogP contribution in [0, 0.1) is 16.7 Å². The summed E-state index contributed by atoms with van der Waals surface area (Å²) in [6, 6.07) is 2.20. The Morgan fingerprint density at radius 2 is 2.20 bits per heavy atom. The maximum Gasteiger partial charge on any atom is 0.132 e. The number of halogens is 1. The van der Waals surface area contributed by atoms with Crippen LogP contribution < -0.4 is 0 Å². The van der Waals surface area contributed by atoms with Crippen LogP contribution in [0.25, 0.3) is 0 Å². The molecular weight excluding hydrogens is 208 g/mol. The Balaban J connectivity index is 2.57. The van der Waals surface area contributed by atoms with Gasteiger partial charge in [0.05, 0.1) is 5.56 Å². The molecule has 0 radical (unpaired) electrons. The van der Waals surface area contributed by atoms with Crippen molar-refractivity contribution in [1.29, 1.82) is 5.26 Å². The second kappa shape index (κ2) is 3.50. The van der Waals surface area contributed by atoms with Crippen molar-refractivity contribution in [2.45, 2.75) is 33.1 Å². The minimum absolute atomic E-state index is 0.267. The summed E-state index contributed by atoms with van der Waals surface area (Å²) in [5, 5.41) is 9.59. The van der Waals surface area contributed by atoms with Gasteiger partial charge in [-0.3, -0.25) is 0 Å². The fourth-order valence-electron chi connectivity index (χ4n) is 2.15. The molecule has 0 N–H and O–H groups in total. The molecule has 1 aromatic heterocycles. The zero-order valence-corrected chi connectivity index (χ0v) is 9.73. The topological polar surface area (TPSA) is 36.7 Å². The van der Waals surface area contributed by atoms with Crippen molar-refractivity contribution in [3.05, 3.63) is 28.0 Å². The van der Waals surface area contributed by atoms with Gasteiger partial charge in [0.1, 0.15) is 11.2 Å². The third-order valence-corrected chi connectivity index (χ3v) is 3.40. The SMILES string of the molecule is CC1(C)CCc2c(Cl)ncc(C#N)c2C1. The van der Waals surface area contributed by atoms with Crippen LogP contribution in [-0.2, 0) is 12.8 Å². The standard InChI is InChI=1S/C12H13ClN2/c1-12(2)4-3-9-10(5-12)8(6-14)7-15-11(9)13/h7H,3-5H2,1-2H3. The summed E-state index contributed by atoms with van der Waals surface area (Å²) in [4.78, 5) is 4.05. The Bertz CT molecular complexity index is 444. The van der Waals surface area contributed by atoms with Crippen LogP contribution in [0.3, 0.4) is 0 Å². The quantitative estimate of drug-likeness (QED) is 0.630. The lowest BCUT2D eigenvalue weighted by molar-refractivity contribution is 0.314. The van der Waals surface area contributed by atoms with E-state index in [4.69, 9.17) is 16.9 Å². The van der Waals surface area contributed by atoms with Gasteiger partial charge in [-0.25, -0.2) is 4.98 Å². The zero-order valence-electron chi connectivity index (χ0n) is 8.97. The maximum absolute atomic E-state index is 9.02. The van der Waals surface area contributed by atoms with Gasteiger partial charge < -0.3 is 0 Å². The van der Waals surface area contributed by atoms with Crippen LogP contribution in [0.5, 0.6) is 0 Å². The molecule has 3 heteroatoms. The van der Waals surface area contributed by atoms with Gasteiger partial charge in [0.2, 0.25) is 0 Å². The van der Waals surface area contributed by atoms with E-state index >= 15 is 0 Å². The second-order valence-corrected chi connectivity index (χ2v) is 5.23. The fourth-order valence-corrected chi connectivity index (χ4v) is 2.40. The van der Waals surface area contributed by atoms with Crippen LogP contribution in [0.1, 0.15) is 37.0 Å². The number of nitrogens with zero attached hydrogens (tertiary/aromatic N) is 2. The Morgan fingerprint density at radius 3 is 2.87 bits per heavy atom. The molecule has 0 spiro atoms. The van der Waals surface area contributed by atoms with Crippen LogP contribution in [0.4, 0.5) is 0 Å². The predicted molar refractivity (Wildman–Crippen MR) is 59.8 cm³/mol. The van der Waals surface area contributed by atoms with E-state index in [0.717, 1.165) is 30.4 Å². The summed E-state index contributed by atoms with van der Waals surface area (Å²) < 4.78 is 0. The number of hydrogen-bond acceptors (Lipinski definition) is 2. The molecule has 0 atom stereocenters. The van der Waals surface area contributed by atoms with Gasteiger partial charge in [0.25, 0.3) is 0 Å². The number of hydrogen-bond donors (Lipinski definition) is 0. The summed E-state index contributed by atoms with van der Waals surface area (Å²) in [7, 11) is 0. The van der Waals surface area contributed by atoms with Crippen molar-refractivity contribution < 1.29 is 0 Å². The molecule has 0 amide bonds. The van der Waals surface area contributed by atoms with Crippen molar-refractivity contribution in [3.8, 4) is 6.07 Å². The van der Waals surface area contributed by atoms with Gasteiger partial charge >= 0.3 is 0 Å². The zero-order chi connectivity index (χ0) is 11.1. The summed E-state index contributed by atoms with van der Waals surface area (Å²) in [6.45, 7) is 4.46. The highest BCUT2D eigenvalue weighted by Crippen LogP contribution is 2.38. The molecular formula is C12H13ClN2. The summed E-state index contributed by atoms with van der Waals surface area (Å²) in [6.07, 6.45) is 4.55. The van der Waals surface area contributed by atoms with E-state index in [9.17, 15) is 0 Å². The van der Waals surface area contributed by atoms with E-state index < -0.39 is 0 Å². The van der Waals surface area contributed by atoms with Gasteiger partial charge in [0, 0.05) is 6.20 Å². The Hall–Kier alpha value is -1.07. The Morgan fingerprint density at radius 1 is 1.47 bits per heavy atom. The van der Waals surface area contributed by atoms with Crippen molar-refractivity contribution in [1.82, 2.24) is 4.98 Å². The molecule has 15 heavy (non-hydrogen) atoms. The summed E-state index contributed by atoms with van der Waals surface area (Å²) in [5.41, 5.74) is 3.13. The molecule has 0 saturated carbocycles. The molecule has 0 unspecified atom stereocenters. The highest BCUT2D eigenvalue weighted by atomic mass is 35.5. The van der Waals surface area contributed by atoms with Gasteiger partial charge in [-0.15, -0.1) is 0 Å². The van der Waals surface area contributed by atoms with Gasteiger partial charge in [0.15, 0.2) is 0 Å². The van der Waals surface area contributed by atoms with Crippen LogP contribution in [0.15, 0.2) is 6.20 Å². The Labute approximate surface area is 94.9 Å². The van der Waals surface area contributed by atoms with E-state index in [1.165, 1.54) is 0 Å². The molecule has 2 rings (SSSR count). The van der Waals surface area contributed by atoms with Crippen molar-refractivity contribution in [2.24, 2.45) is 5.41 Å². The lowest BCUT2D eigenvalue weighted by Crippen LogP contribution is -2.23. The molecule has 78 valence electrons. The molecule has 0 aliphatic heterocycles. The molecule has 1 aliphatic carbocycles. The van der Waals surface area contributed by atoms with Crippen LogP contribution in [0.2, 0.25) is 5.15 Å². The minimum Gasteiger partial charge on any atom is -0.243 e. The molecule has 0 bridgehead atoms. The molecule has 2 nitrogen and oxygen atoms in total. The van der Waals surface area contributed by atoms with Crippen molar-refractivity contribution in [3.63, 3.8) is 0 Å². The lowest BCUT2D eigenvalue weighted by Gasteiger charge is -2.31. The largest absolute Gasteiger partial charge is 0.243 e. The second-order valence-electron chi connectivity index (χ2n) is 4.87. The van der Waals surface area contributed by atoms with Crippen LogP contribution in [-0.4, -0.2) is 4.98 Å². The van der Waals surface area contributed by atoms with Gasteiger partial charge in [-0.2, -0.15) is 5.26 Å². The highest BCUT2D eigenvalue weighted by molar-refractivity contribution is 6.30. The van der Waals surface area contributed by atoms with Gasteiger partial charge in [-0.05, 0) is 35.8 Å². The van der Waals surface area contributed by atoms with E-state index in [1.807, 2.05) is 0 Å². The molecule has 0 fully saturated rings. The van der Waals surface area contributed by atoms with E-state index in [0.29, 0.717) is 10.7 Å². The highest BCUT2D eigenvalue weighted by Gasteiger charge is 2.28. The number of aromatic nitrogens is 1. The first kappa shape index (κ1) is 10.4. The van der Waals surface area contributed by atoms with Crippen molar-refractivity contribution >= 4 is 11.6 Å². The number of nitriles is 1. The lowest BCUT2D eigenvalue weighted by atomic mass is 9.74. The third kappa shape index (κ3) is 1.85. The maximum atomic E-state index is 9.02. The monoisotopic (exact) mass is 220 g/mol. The van der Waals surface area contributed by atoms with E-state index in [-0.39, 0.29) is 5.41 Å². The number of rotatable bonds is 0. The number of fused-ring (bicyclic) bond motifs is 1. The molecule has 0 aromatic carbocycles. The van der Waals surface area contributed by atoms with Gasteiger partial charge in [-0.1, -0.05) is 25.4 Å². The predicted octanol–water partition coefficient (Wildman–Crippen LogP) is 3.12. The minimum atomic E-state index is 0.267. The average molecular weight is 221 g/mol. The molecule has 1 aromatic rings. The van der Waals surface area contributed by atoms with Crippen molar-refractivity contribution in [2.75, 3.05) is 0 Å². The van der Waals surface area contributed by atoms with Crippen LogP contribution >= 0.6 is 11.6 Å². The normalized spacial score (nSPS) is 18.0. The summed E-state index contributed by atoms with van der Waals surface area (Å²) >= 11 is 6.04. The smallest absolute Gasteiger partial charge is 0.132 e. The molecule has 0 saturated heterocycles. The third-order valence-electron chi connectivity index (χ3n) is 3.07. The van der Waals surface area contributed by atoms with E-state index in [2.05, 4.69) is 24.9 Å². The first-order valence-corrected chi connectivity index (χ1v) is 5.48. The first-order valence-electron chi connectivity index (χ1n) is 5.10. The fraction of sp³-hybridized carbons (Fsp3) is 0.500. The van der Waals surface area contributed by atoms with E-state index in [1.54, 1.807) is 6.20 Å². The molecule has 1 heterocycles. The summed E-state index contributed by atoms with van der Waals surface area (Å²) in [5.74, 6) is 0. The first-order chi connectivity index (χ1) is 7.03. The Kier molecular flexibility index (Phi) is 2.44. The average Bonchev–Trinajstić information content (AvgIpc) is 2.17. The molecule has 1 aliphatic rings. The number of pyridine rings is 1.